The number of rotatable bonds is 4. The zero-order chi connectivity index (χ0) is 13.7. The first-order valence-electron chi connectivity index (χ1n) is 6.12. The Morgan fingerprint density at radius 3 is 2.53 bits per heavy atom. The summed E-state index contributed by atoms with van der Waals surface area (Å²) in [6.45, 7) is 2.56. The third kappa shape index (κ3) is 3.51. The van der Waals surface area contributed by atoms with Crippen molar-refractivity contribution in [1.82, 2.24) is 15.3 Å². The van der Waals surface area contributed by atoms with Gasteiger partial charge >= 0.3 is 0 Å². The van der Waals surface area contributed by atoms with Crippen LogP contribution in [0.4, 0.5) is 5.82 Å². The van der Waals surface area contributed by atoms with Gasteiger partial charge in [-0.05, 0) is 17.5 Å². The van der Waals surface area contributed by atoms with E-state index in [0.29, 0.717) is 6.54 Å². The molecular formula is C14H16N4O. The molecule has 1 aromatic carbocycles. The van der Waals surface area contributed by atoms with E-state index < -0.39 is 0 Å². The van der Waals surface area contributed by atoms with Crippen LogP contribution in [0.3, 0.4) is 0 Å². The van der Waals surface area contributed by atoms with Crippen LogP contribution in [0.15, 0.2) is 36.7 Å². The number of carbonyl (C=O) groups is 1. The summed E-state index contributed by atoms with van der Waals surface area (Å²) in [4.78, 5) is 19.6. The highest BCUT2D eigenvalue weighted by Crippen LogP contribution is 2.05. The summed E-state index contributed by atoms with van der Waals surface area (Å²) < 4.78 is 0. The van der Waals surface area contributed by atoms with Gasteiger partial charge < -0.3 is 11.1 Å². The average molecular weight is 256 g/mol. The second kappa shape index (κ2) is 5.95. The summed E-state index contributed by atoms with van der Waals surface area (Å²) in [6, 6.07) is 8.12. The SMILES string of the molecule is CCc1ccc(CNC(=O)c2cncc(N)n2)cc1. The third-order valence-corrected chi connectivity index (χ3v) is 2.77. The minimum Gasteiger partial charge on any atom is -0.382 e. The Morgan fingerprint density at radius 1 is 1.21 bits per heavy atom. The number of anilines is 1. The van der Waals surface area contributed by atoms with Crippen molar-refractivity contribution in [1.29, 1.82) is 0 Å². The standard InChI is InChI=1S/C14H16N4O/c1-2-10-3-5-11(6-4-10)7-17-14(19)12-8-16-9-13(15)18-12/h3-6,8-9H,2,7H2,1H3,(H2,15,18)(H,17,19). The minimum absolute atomic E-state index is 0.227. The Kier molecular flexibility index (Phi) is 4.07. The van der Waals surface area contributed by atoms with E-state index in [0.717, 1.165) is 12.0 Å². The molecular weight excluding hydrogens is 240 g/mol. The van der Waals surface area contributed by atoms with Gasteiger partial charge in [-0.2, -0.15) is 0 Å². The molecule has 0 saturated carbocycles. The van der Waals surface area contributed by atoms with Crippen molar-refractivity contribution in [3.8, 4) is 0 Å². The lowest BCUT2D eigenvalue weighted by atomic mass is 10.1. The van der Waals surface area contributed by atoms with Gasteiger partial charge in [-0.3, -0.25) is 9.78 Å². The van der Waals surface area contributed by atoms with E-state index in [1.807, 2.05) is 12.1 Å². The fourth-order valence-electron chi connectivity index (χ4n) is 1.66. The van der Waals surface area contributed by atoms with Crippen LogP contribution < -0.4 is 11.1 Å². The summed E-state index contributed by atoms with van der Waals surface area (Å²) in [7, 11) is 0. The monoisotopic (exact) mass is 256 g/mol. The number of hydrogen-bond donors (Lipinski definition) is 2. The molecule has 2 rings (SSSR count). The largest absolute Gasteiger partial charge is 0.382 e. The maximum atomic E-state index is 11.8. The molecule has 19 heavy (non-hydrogen) atoms. The third-order valence-electron chi connectivity index (χ3n) is 2.77. The second-order valence-electron chi connectivity index (χ2n) is 4.18. The molecule has 5 nitrogen and oxygen atoms in total. The second-order valence-corrected chi connectivity index (χ2v) is 4.18. The lowest BCUT2D eigenvalue weighted by Gasteiger charge is -2.05. The Morgan fingerprint density at radius 2 is 1.89 bits per heavy atom. The highest BCUT2D eigenvalue weighted by atomic mass is 16.1. The maximum absolute atomic E-state index is 11.8. The minimum atomic E-state index is -0.278. The van der Waals surface area contributed by atoms with Gasteiger partial charge in [0.25, 0.3) is 5.91 Å². The van der Waals surface area contributed by atoms with Crippen molar-refractivity contribution < 1.29 is 4.79 Å². The van der Waals surface area contributed by atoms with Crippen LogP contribution in [-0.2, 0) is 13.0 Å². The molecule has 0 aliphatic rings. The molecule has 0 unspecified atom stereocenters. The molecule has 1 heterocycles. The highest BCUT2D eigenvalue weighted by Gasteiger charge is 2.07. The number of aryl methyl sites for hydroxylation is 1. The van der Waals surface area contributed by atoms with Crippen molar-refractivity contribution in [2.45, 2.75) is 19.9 Å². The first-order valence-corrected chi connectivity index (χ1v) is 6.12. The number of aromatic nitrogens is 2. The molecule has 0 spiro atoms. The van der Waals surface area contributed by atoms with E-state index in [1.54, 1.807) is 0 Å². The van der Waals surface area contributed by atoms with Gasteiger partial charge in [0.05, 0.1) is 12.4 Å². The van der Waals surface area contributed by atoms with E-state index in [4.69, 9.17) is 5.73 Å². The van der Waals surface area contributed by atoms with Crippen LogP contribution >= 0.6 is 0 Å². The summed E-state index contributed by atoms with van der Waals surface area (Å²) in [5.74, 6) is -0.0423. The normalized spacial score (nSPS) is 10.2. The fraction of sp³-hybridized carbons (Fsp3) is 0.214. The van der Waals surface area contributed by atoms with E-state index in [2.05, 4.69) is 34.3 Å². The summed E-state index contributed by atoms with van der Waals surface area (Å²) in [5.41, 5.74) is 8.03. The number of carbonyl (C=O) groups excluding carboxylic acids is 1. The molecule has 0 fully saturated rings. The van der Waals surface area contributed by atoms with Gasteiger partial charge in [0, 0.05) is 6.54 Å². The van der Waals surface area contributed by atoms with Crippen LogP contribution in [0.25, 0.3) is 0 Å². The number of hydrogen-bond acceptors (Lipinski definition) is 4. The maximum Gasteiger partial charge on any atom is 0.271 e. The molecule has 0 aliphatic heterocycles. The van der Waals surface area contributed by atoms with Gasteiger partial charge in [-0.15, -0.1) is 0 Å². The fourth-order valence-corrected chi connectivity index (χ4v) is 1.66. The number of nitrogens with zero attached hydrogens (tertiary/aromatic N) is 2. The molecule has 0 saturated heterocycles. The average Bonchev–Trinajstić information content (AvgIpc) is 2.45. The molecule has 0 aliphatic carbocycles. The highest BCUT2D eigenvalue weighted by molar-refractivity contribution is 5.92. The number of nitrogens with one attached hydrogen (secondary N) is 1. The van der Waals surface area contributed by atoms with Gasteiger partial charge in [0.15, 0.2) is 0 Å². The molecule has 1 amide bonds. The van der Waals surface area contributed by atoms with Crippen LogP contribution in [0, 0.1) is 0 Å². The predicted octanol–water partition coefficient (Wildman–Crippen LogP) is 1.55. The zero-order valence-corrected chi connectivity index (χ0v) is 10.8. The molecule has 3 N–H and O–H groups in total. The van der Waals surface area contributed by atoms with Crippen LogP contribution in [0.2, 0.25) is 0 Å². The lowest BCUT2D eigenvalue weighted by molar-refractivity contribution is 0.0945. The van der Waals surface area contributed by atoms with Gasteiger partial charge in [0.2, 0.25) is 0 Å². The van der Waals surface area contributed by atoms with Crippen molar-refractivity contribution in [3.63, 3.8) is 0 Å². The summed E-state index contributed by atoms with van der Waals surface area (Å²) in [5, 5.41) is 2.78. The quantitative estimate of drug-likeness (QED) is 0.869. The Hall–Kier alpha value is -2.43. The van der Waals surface area contributed by atoms with E-state index >= 15 is 0 Å². The van der Waals surface area contributed by atoms with Crippen molar-refractivity contribution >= 4 is 11.7 Å². The number of nitrogen functional groups attached to an aromatic ring is 1. The first-order chi connectivity index (χ1) is 9.19. The number of nitrogens with two attached hydrogens (primary N) is 1. The zero-order valence-electron chi connectivity index (χ0n) is 10.8. The van der Waals surface area contributed by atoms with Crippen LogP contribution in [-0.4, -0.2) is 15.9 Å². The van der Waals surface area contributed by atoms with Crippen LogP contribution in [0.5, 0.6) is 0 Å². The van der Waals surface area contributed by atoms with Crippen molar-refractivity contribution in [2.75, 3.05) is 5.73 Å². The number of amides is 1. The van der Waals surface area contributed by atoms with Gasteiger partial charge in [0.1, 0.15) is 11.5 Å². The summed E-state index contributed by atoms with van der Waals surface area (Å²) in [6.07, 6.45) is 3.80. The van der Waals surface area contributed by atoms with E-state index in [1.165, 1.54) is 18.0 Å². The van der Waals surface area contributed by atoms with Gasteiger partial charge in [-0.1, -0.05) is 31.2 Å². The Balaban J connectivity index is 1.96. The smallest absolute Gasteiger partial charge is 0.271 e. The molecule has 1 aromatic heterocycles. The number of benzene rings is 1. The van der Waals surface area contributed by atoms with E-state index in [-0.39, 0.29) is 17.4 Å². The predicted molar refractivity (Wildman–Crippen MR) is 73.4 cm³/mol. The molecule has 0 bridgehead atoms. The van der Waals surface area contributed by atoms with Crippen LogP contribution in [0.1, 0.15) is 28.5 Å². The van der Waals surface area contributed by atoms with Gasteiger partial charge in [-0.25, -0.2) is 4.98 Å². The Bertz CT molecular complexity index is 566. The topological polar surface area (TPSA) is 80.9 Å². The Labute approximate surface area is 111 Å². The van der Waals surface area contributed by atoms with Crippen molar-refractivity contribution in [2.24, 2.45) is 0 Å². The first kappa shape index (κ1) is 13.0. The molecule has 0 atom stereocenters. The summed E-state index contributed by atoms with van der Waals surface area (Å²) >= 11 is 0. The molecule has 2 aromatic rings. The van der Waals surface area contributed by atoms with Crippen molar-refractivity contribution in [3.05, 3.63) is 53.5 Å². The lowest BCUT2D eigenvalue weighted by Crippen LogP contribution is -2.24. The molecule has 5 heteroatoms. The molecule has 98 valence electrons. The molecule has 0 radical (unpaired) electrons. The van der Waals surface area contributed by atoms with E-state index in [9.17, 15) is 4.79 Å².